The number of hydrogen-bond acceptors (Lipinski definition) is 7. The maximum Gasteiger partial charge on any atom is 0.276 e. The fourth-order valence-corrected chi connectivity index (χ4v) is 7.02. The van der Waals surface area contributed by atoms with Gasteiger partial charge in [-0.05, 0) is 93.6 Å². The zero-order chi connectivity index (χ0) is 37.4. The lowest BCUT2D eigenvalue weighted by Crippen LogP contribution is -2.21. The Kier molecular flexibility index (Phi) is 9.39. The summed E-state index contributed by atoms with van der Waals surface area (Å²) in [5.74, 6) is -1.19. The van der Waals surface area contributed by atoms with Crippen LogP contribution in [-0.4, -0.2) is 57.1 Å². The van der Waals surface area contributed by atoms with Crippen LogP contribution in [0.2, 0.25) is 0 Å². The Labute approximate surface area is 304 Å². The SMILES string of the molecule is CCn1cc(C)c2c1C(=O)Nc1nc3cc(C(N)=O)ccc3n1CC=CCn1c(nc3cc(C(N)=O)ccc31)NC(=O)c1cc(C)nn1CCCCC2. The number of amides is 4. The summed E-state index contributed by atoms with van der Waals surface area (Å²) in [5, 5.41) is 10.6. The summed E-state index contributed by atoms with van der Waals surface area (Å²) < 4.78 is 7.38. The third-order valence-electron chi connectivity index (χ3n) is 9.64. The molecule has 0 atom stereocenters. The highest BCUT2D eigenvalue weighted by Gasteiger charge is 2.23. The zero-order valence-electron chi connectivity index (χ0n) is 29.8. The lowest BCUT2D eigenvalue weighted by Gasteiger charge is -2.12. The summed E-state index contributed by atoms with van der Waals surface area (Å²) in [6, 6.07) is 11.7. The minimum atomic E-state index is -0.585. The second kappa shape index (κ2) is 14.3. The predicted molar refractivity (Wildman–Crippen MR) is 201 cm³/mol. The van der Waals surface area contributed by atoms with Crippen LogP contribution in [0, 0.1) is 13.8 Å². The first-order chi connectivity index (χ1) is 25.5. The normalized spacial score (nSPS) is 14.5. The summed E-state index contributed by atoms with van der Waals surface area (Å²) >= 11 is 0. The van der Waals surface area contributed by atoms with Gasteiger partial charge in [-0.1, -0.05) is 18.6 Å². The molecule has 53 heavy (non-hydrogen) atoms. The largest absolute Gasteiger partial charge is 0.366 e. The molecular formula is C38H41N11O4. The van der Waals surface area contributed by atoms with Crippen LogP contribution in [0.5, 0.6) is 0 Å². The Balaban J connectivity index is 1.31. The van der Waals surface area contributed by atoms with Gasteiger partial charge in [0.25, 0.3) is 11.8 Å². The number of nitrogens with zero attached hydrogens (tertiary/aromatic N) is 7. The van der Waals surface area contributed by atoms with Gasteiger partial charge in [-0.2, -0.15) is 5.10 Å². The average molecular weight is 716 g/mol. The summed E-state index contributed by atoms with van der Waals surface area (Å²) in [6.45, 7) is 7.63. The Morgan fingerprint density at radius 1 is 0.792 bits per heavy atom. The number of anilines is 2. The van der Waals surface area contributed by atoms with Crippen molar-refractivity contribution in [1.29, 1.82) is 0 Å². The quantitative estimate of drug-likeness (QED) is 0.190. The van der Waals surface area contributed by atoms with Crippen molar-refractivity contribution >= 4 is 57.6 Å². The topological polar surface area (TPSA) is 203 Å². The molecule has 0 unspecified atom stereocenters. The number of rotatable bonds is 3. The van der Waals surface area contributed by atoms with Gasteiger partial charge in [-0.25, -0.2) is 9.97 Å². The van der Waals surface area contributed by atoms with Crippen LogP contribution < -0.4 is 22.1 Å². The second-order valence-corrected chi connectivity index (χ2v) is 13.2. The van der Waals surface area contributed by atoms with Crippen LogP contribution in [0.25, 0.3) is 22.1 Å². The van der Waals surface area contributed by atoms with E-state index < -0.39 is 11.8 Å². The van der Waals surface area contributed by atoms with Crippen molar-refractivity contribution in [1.82, 2.24) is 33.4 Å². The lowest BCUT2D eigenvalue weighted by atomic mass is 10.0. The van der Waals surface area contributed by atoms with Gasteiger partial charge in [-0.15, -0.1) is 0 Å². The highest BCUT2D eigenvalue weighted by atomic mass is 16.2. The highest BCUT2D eigenvalue weighted by Crippen LogP contribution is 2.26. The number of allylic oxidation sites excluding steroid dienone is 2. The van der Waals surface area contributed by atoms with Crippen LogP contribution >= 0.6 is 0 Å². The number of fused-ring (bicyclic) bond motifs is 8. The van der Waals surface area contributed by atoms with E-state index in [-0.39, 0.29) is 17.8 Å². The number of imidazole rings is 2. The van der Waals surface area contributed by atoms with Gasteiger partial charge in [0.2, 0.25) is 23.7 Å². The second-order valence-electron chi connectivity index (χ2n) is 13.2. The molecule has 0 saturated carbocycles. The monoisotopic (exact) mass is 715 g/mol. The molecule has 4 aromatic heterocycles. The number of nitrogens with two attached hydrogens (primary N) is 2. The first kappa shape index (κ1) is 34.9. The third-order valence-corrected chi connectivity index (χ3v) is 9.64. The van der Waals surface area contributed by atoms with Gasteiger partial charge in [-0.3, -0.25) is 34.5 Å². The molecule has 7 rings (SSSR count). The van der Waals surface area contributed by atoms with Gasteiger partial charge in [0.15, 0.2) is 0 Å². The van der Waals surface area contributed by atoms with Gasteiger partial charge < -0.3 is 25.2 Å². The Morgan fingerprint density at radius 3 is 1.94 bits per heavy atom. The minimum Gasteiger partial charge on any atom is -0.366 e. The number of aromatic nitrogens is 7. The molecule has 0 fully saturated rings. The van der Waals surface area contributed by atoms with Crippen molar-refractivity contribution in [3.63, 3.8) is 0 Å². The number of carbonyl (C=O) groups is 4. The first-order valence-electron chi connectivity index (χ1n) is 17.6. The molecule has 0 saturated heterocycles. The standard InChI is InChI=1S/C38H41N11O4/c1-4-46-21-22(2)26-10-6-5-7-17-49-31(18-23(3)45-49)35(52)43-37-41-27-19-24(33(39)50)11-13-29(27)47(37)15-8-9-16-48-30-14-12-25(34(40)51)20-28(30)42-38(48)44-36(53)32(26)46/h8-9,11-14,18-21H,4-7,10,15-17H2,1-3H3,(H2,39,50)(H2,40,51)(H,41,43,52)(H,42,44,53). The number of aryl methyl sites for hydroxylation is 4. The van der Waals surface area contributed by atoms with Crippen LogP contribution in [0.15, 0.2) is 60.8 Å². The molecule has 6 aromatic rings. The maximum atomic E-state index is 14.1. The lowest BCUT2D eigenvalue weighted by molar-refractivity contribution is 0.0992. The van der Waals surface area contributed by atoms with Gasteiger partial charge in [0.05, 0.1) is 27.8 Å². The molecule has 15 nitrogen and oxygen atoms in total. The summed E-state index contributed by atoms with van der Waals surface area (Å²) in [4.78, 5) is 61.3. The van der Waals surface area contributed by atoms with Gasteiger partial charge >= 0.3 is 0 Å². The van der Waals surface area contributed by atoms with E-state index in [9.17, 15) is 19.2 Å². The van der Waals surface area contributed by atoms with E-state index in [1.165, 1.54) is 0 Å². The molecule has 2 aromatic carbocycles. The van der Waals surface area contributed by atoms with E-state index >= 15 is 0 Å². The van der Waals surface area contributed by atoms with Crippen molar-refractivity contribution in [2.45, 2.75) is 72.6 Å². The van der Waals surface area contributed by atoms with E-state index in [1.807, 2.05) is 52.8 Å². The number of primary amides is 2. The fourth-order valence-electron chi connectivity index (χ4n) is 7.02. The van der Waals surface area contributed by atoms with Crippen LogP contribution in [0.1, 0.15) is 84.7 Å². The van der Waals surface area contributed by atoms with E-state index in [0.717, 1.165) is 36.1 Å². The third kappa shape index (κ3) is 6.80. The smallest absolute Gasteiger partial charge is 0.276 e. The summed E-state index contributed by atoms with van der Waals surface area (Å²) in [6.07, 6.45) is 8.98. The zero-order valence-corrected chi connectivity index (χ0v) is 29.8. The fraction of sp³-hybridized carbons (Fsp3) is 0.289. The molecule has 1 aliphatic heterocycles. The molecular weight excluding hydrogens is 674 g/mol. The highest BCUT2D eigenvalue weighted by molar-refractivity contribution is 6.05. The van der Waals surface area contributed by atoms with Crippen molar-refractivity contribution in [3.8, 4) is 0 Å². The first-order valence-corrected chi connectivity index (χ1v) is 17.6. The minimum absolute atomic E-state index is 0.275. The van der Waals surface area contributed by atoms with E-state index in [1.54, 1.807) is 47.1 Å². The molecule has 6 N–H and O–H groups in total. The van der Waals surface area contributed by atoms with Crippen molar-refractivity contribution in [2.75, 3.05) is 10.6 Å². The van der Waals surface area contributed by atoms with Gasteiger partial charge in [0.1, 0.15) is 11.4 Å². The van der Waals surface area contributed by atoms with Crippen molar-refractivity contribution in [2.24, 2.45) is 11.5 Å². The van der Waals surface area contributed by atoms with E-state index in [0.29, 0.717) is 83.1 Å². The summed E-state index contributed by atoms with van der Waals surface area (Å²) in [7, 11) is 0. The number of nitrogens with one attached hydrogen (secondary N) is 2. The summed E-state index contributed by atoms with van der Waals surface area (Å²) in [5.41, 5.74) is 17.8. The Bertz CT molecular complexity index is 2460. The van der Waals surface area contributed by atoms with E-state index in [2.05, 4.69) is 20.7 Å². The van der Waals surface area contributed by atoms with Crippen molar-refractivity contribution < 1.29 is 19.2 Å². The van der Waals surface area contributed by atoms with Crippen LogP contribution in [0.3, 0.4) is 0 Å². The molecule has 5 heterocycles. The number of hydrogen-bond donors (Lipinski definition) is 4. The predicted octanol–water partition coefficient (Wildman–Crippen LogP) is 4.71. The van der Waals surface area contributed by atoms with Crippen LogP contribution in [0.4, 0.5) is 11.9 Å². The molecule has 0 aliphatic carbocycles. The molecule has 0 bridgehead atoms. The maximum absolute atomic E-state index is 14.1. The number of carbonyl (C=O) groups excluding carboxylic acids is 4. The van der Waals surface area contributed by atoms with Gasteiger partial charge in [0, 0.05) is 43.5 Å². The Hall–Kier alpha value is -6.51. The van der Waals surface area contributed by atoms with E-state index in [4.69, 9.17) is 16.5 Å². The molecule has 15 heteroatoms. The molecule has 1 aliphatic rings. The number of benzene rings is 2. The molecule has 4 amide bonds. The Morgan fingerprint density at radius 2 is 1.38 bits per heavy atom. The molecule has 272 valence electrons. The van der Waals surface area contributed by atoms with Crippen LogP contribution in [-0.2, 0) is 32.6 Å². The van der Waals surface area contributed by atoms with Crippen molar-refractivity contribution in [3.05, 3.63) is 100 Å². The molecule has 0 spiro atoms. The molecule has 0 radical (unpaired) electrons. The average Bonchev–Trinajstić information content (AvgIpc) is 3.86.